The SMILES string of the molecule is Cc1nc(CSC(C)C)nc(C)c1CCNC(C)(C)C. The Hall–Kier alpha value is -0.610. The van der Waals surface area contributed by atoms with Gasteiger partial charge in [0.1, 0.15) is 5.82 Å². The van der Waals surface area contributed by atoms with E-state index < -0.39 is 0 Å². The van der Waals surface area contributed by atoms with Gasteiger partial charge in [-0.15, -0.1) is 0 Å². The zero-order valence-electron chi connectivity index (χ0n) is 14.0. The maximum Gasteiger partial charge on any atom is 0.138 e. The van der Waals surface area contributed by atoms with Gasteiger partial charge in [-0.3, -0.25) is 0 Å². The van der Waals surface area contributed by atoms with Crippen molar-refractivity contribution in [1.82, 2.24) is 15.3 Å². The first-order chi connectivity index (χ1) is 9.19. The largest absolute Gasteiger partial charge is 0.312 e. The van der Waals surface area contributed by atoms with Gasteiger partial charge >= 0.3 is 0 Å². The van der Waals surface area contributed by atoms with Crippen LogP contribution in [-0.2, 0) is 12.2 Å². The molecule has 0 aliphatic rings. The molecule has 4 heteroatoms. The molecule has 0 unspecified atom stereocenters. The topological polar surface area (TPSA) is 37.8 Å². The minimum atomic E-state index is 0.163. The van der Waals surface area contributed by atoms with Gasteiger partial charge in [-0.05, 0) is 58.4 Å². The Morgan fingerprint density at radius 2 is 1.65 bits per heavy atom. The van der Waals surface area contributed by atoms with Crippen molar-refractivity contribution < 1.29 is 0 Å². The summed E-state index contributed by atoms with van der Waals surface area (Å²) in [7, 11) is 0. The lowest BCUT2D eigenvalue weighted by Crippen LogP contribution is -2.37. The number of aromatic nitrogens is 2. The molecular weight excluding hydrogens is 266 g/mol. The molecule has 0 saturated heterocycles. The summed E-state index contributed by atoms with van der Waals surface area (Å²) in [5.74, 6) is 1.87. The molecule has 0 amide bonds. The zero-order valence-corrected chi connectivity index (χ0v) is 14.8. The molecule has 0 bridgehead atoms. The van der Waals surface area contributed by atoms with Gasteiger partial charge in [0, 0.05) is 16.9 Å². The Kier molecular flexibility index (Phi) is 6.46. The molecule has 1 rings (SSSR count). The quantitative estimate of drug-likeness (QED) is 0.869. The van der Waals surface area contributed by atoms with Crippen LogP contribution >= 0.6 is 11.8 Å². The number of nitrogens with zero attached hydrogens (tertiary/aromatic N) is 2. The number of thioether (sulfide) groups is 1. The van der Waals surface area contributed by atoms with Crippen LogP contribution < -0.4 is 5.32 Å². The van der Waals surface area contributed by atoms with Crippen LogP contribution in [0.3, 0.4) is 0 Å². The van der Waals surface area contributed by atoms with Crippen molar-refractivity contribution >= 4 is 11.8 Å². The molecular formula is C16H29N3S. The summed E-state index contributed by atoms with van der Waals surface area (Å²) in [5.41, 5.74) is 3.72. The van der Waals surface area contributed by atoms with E-state index in [0.29, 0.717) is 5.25 Å². The lowest BCUT2D eigenvalue weighted by atomic mass is 10.1. The van der Waals surface area contributed by atoms with Crippen LogP contribution in [0.15, 0.2) is 0 Å². The van der Waals surface area contributed by atoms with Gasteiger partial charge in [-0.2, -0.15) is 11.8 Å². The molecule has 20 heavy (non-hydrogen) atoms. The van der Waals surface area contributed by atoms with Crippen LogP contribution in [0.1, 0.15) is 57.4 Å². The van der Waals surface area contributed by atoms with Crippen molar-refractivity contribution in [1.29, 1.82) is 0 Å². The summed E-state index contributed by atoms with van der Waals surface area (Å²) in [6.07, 6.45) is 0.993. The van der Waals surface area contributed by atoms with E-state index in [9.17, 15) is 0 Å². The second kappa shape index (κ2) is 7.41. The average Bonchev–Trinajstić information content (AvgIpc) is 2.28. The molecule has 0 atom stereocenters. The maximum absolute atomic E-state index is 4.66. The maximum atomic E-state index is 4.66. The zero-order chi connectivity index (χ0) is 15.3. The summed E-state index contributed by atoms with van der Waals surface area (Å²) in [6, 6.07) is 0. The van der Waals surface area contributed by atoms with Gasteiger partial charge in [0.15, 0.2) is 0 Å². The highest BCUT2D eigenvalue weighted by atomic mass is 32.2. The second-order valence-electron chi connectivity index (χ2n) is 6.58. The van der Waals surface area contributed by atoms with Gasteiger partial charge in [-0.1, -0.05) is 13.8 Å². The van der Waals surface area contributed by atoms with E-state index >= 15 is 0 Å². The molecule has 0 aliphatic heterocycles. The van der Waals surface area contributed by atoms with E-state index in [1.165, 1.54) is 5.56 Å². The number of nitrogens with one attached hydrogen (secondary N) is 1. The summed E-state index contributed by atoms with van der Waals surface area (Å²) < 4.78 is 0. The molecule has 3 nitrogen and oxygen atoms in total. The van der Waals surface area contributed by atoms with Crippen LogP contribution in [-0.4, -0.2) is 27.3 Å². The molecule has 1 heterocycles. The number of rotatable bonds is 6. The molecule has 1 aromatic rings. The smallest absolute Gasteiger partial charge is 0.138 e. The van der Waals surface area contributed by atoms with Crippen LogP contribution in [0, 0.1) is 13.8 Å². The highest BCUT2D eigenvalue weighted by molar-refractivity contribution is 7.99. The number of aryl methyl sites for hydroxylation is 2. The van der Waals surface area contributed by atoms with Gasteiger partial charge in [0.2, 0.25) is 0 Å². The summed E-state index contributed by atoms with van der Waals surface area (Å²) in [4.78, 5) is 9.32. The van der Waals surface area contributed by atoms with Crippen molar-refractivity contribution in [2.24, 2.45) is 0 Å². The van der Waals surface area contributed by atoms with Crippen LogP contribution in [0.5, 0.6) is 0 Å². The molecule has 0 radical (unpaired) electrons. The first kappa shape index (κ1) is 17.4. The minimum Gasteiger partial charge on any atom is -0.312 e. The van der Waals surface area contributed by atoms with Crippen molar-refractivity contribution in [3.8, 4) is 0 Å². The van der Waals surface area contributed by atoms with Crippen molar-refractivity contribution in [3.05, 3.63) is 22.8 Å². The Morgan fingerprint density at radius 1 is 1.10 bits per heavy atom. The van der Waals surface area contributed by atoms with E-state index in [-0.39, 0.29) is 5.54 Å². The van der Waals surface area contributed by atoms with E-state index in [4.69, 9.17) is 0 Å². The summed E-state index contributed by atoms with van der Waals surface area (Å²) in [6.45, 7) is 16.2. The van der Waals surface area contributed by atoms with Gasteiger partial charge < -0.3 is 5.32 Å². The standard InChI is InChI=1S/C16H29N3S/c1-11(2)20-10-15-18-12(3)14(13(4)19-15)8-9-17-16(5,6)7/h11,17H,8-10H2,1-7H3. The van der Waals surface area contributed by atoms with Crippen molar-refractivity contribution in [3.63, 3.8) is 0 Å². The predicted molar refractivity (Wildman–Crippen MR) is 89.4 cm³/mol. The van der Waals surface area contributed by atoms with E-state index in [0.717, 1.165) is 35.9 Å². The molecule has 0 aromatic carbocycles. The first-order valence-corrected chi connectivity index (χ1v) is 8.43. The third-order valence-corrected chi connectivity index (χ3v) is 4.13. The Bertz CT molecular complexity index is 413. The third kappa shape index (κ3) is 6.23. The average molecular weight is 295 g/mol. The minimum absolute atomic E-state index is 0.163. The Morgan fingerprint density at radius 3 is 2.10 bits per heavy atom. The lowest BCUT2D eigenvalue weighted by Gasteiger charge is -2.21. The van der Waals surface area contributed by atoms with Crippen LogP contribution in [0.4, 0.5) is 0 Å². The van der Waals surface area contributed by atoms with Crippen LogP contribution in [0.2, 0.25) is 0 Å². The molecule has 0 aliphatic carbocycles. The fraction of sp³-hybridized carbons (Fsp3) is 0.750. The second-order valence-corrected chi connectivity index (χ2v) is 8.14. The number of hydrogen-bond acceptors (Lipinski definition) is 4. The van der Waals surface area contributed by atoms with Gasteiger partial charge in [0.05, 0.1) is 5.75 Å². The monoisotopic (exact) mass is 295 g/mol. The predicted octanol–water partition coefficient (Wildman–Crippen LogP) is 3.67. The van der Waals surface area contributed by atoms with E-state index in [2.05, 4.69) is 63.8 Å². The molecule has 114 valence electrons. The number of hydrogen-bond donors (Lipinski definition) is 1. The van der Waals surface area contributed by atoms with Crippen LogP contribution in [0.25, 0.3) is 0 Å². The summed E-state index contributed by atoms with van der Waals surface area (Å²) >= 11 is 1.89. The molecule has 0 fully saturated rings. The Labute approximate surface area is 128 Å². The fourth-order valence-corrected chi connectivity index (χ4v) is 2.65. The molecule has 0 saturated carbocycles. The normalized spacial score (nSPS) is 12.2. The molecule has 1 N–H and O–H groups in total. The van der Waals surface area contributed by atoms with E-state index in [1.807, 2.05) is 11.8 Å². The Balaban J connectivity index is 2.69. The molecule has 1 aromatic heterocycles. The fourth-order valence-electron chi connectivity index (χ4n) is 2.04. The highest BCUT2D eigenvalue weighted by Gasteiger charge is 2.12. The van der Waals surface area contributed by atoms with Gasteiger partial charge in [0.25, 0.3) is 0 Å². The van der Waals surface area contributed by atoms with Gasteiger partial charge in [-0.25, -0.2) is 9.97 Å². The van der Waals surface area contributed by atoms with Crippen molar-refractivity contribution in [2.45, 2.75) is 71.4 Å². The lowest BCUT2D eigenvalue weighted by molar-refractivity contribution is 0.429. The molecule has 0 spiro atoms. The highest BCUT2D eigenvalue weighted by Crippen LogP contribution is 2.17. The third-order valence-electron chi connectivity index (χ3n) is 3.04. The first-order valence-electron chi connectivity index (χ1n) is 7.38. The van der Waals surface area contributed by atoms with Crippen molar-refractivity contribution in [2.75, 3.05) is 6.54 Å². The van der Waals surface area contributed by atoms with E-state index in [1.54, 1.807) is 0 Å². The summed E-state index contributed by atoms with van der Waals surface area (Å²) in [5, 5.41) is 4.14.